The molecule has 0 saturated carbocycles. The zero-order valence-electron chi connectivity index (χ0n) is 14.8. The van der Waals surface area contributed by atoms with Gasteiger partial charge in [0.2, 0.25) is 0 Å². The first-order valence-corrected chi connectivity index (χ1v) is 9.68. The van der Waals surface area contributed by atoms with E-state index in [1.54, 1.807) is 48.5 Å². The van der Waals surface area contributed by atoms with E-state index in [1.807, 2.05) is 0 Å². The third-order valence-corrected chi connectivity index (χ3v) is 5.29. The Morgan fingerprint density at radius 2 is 1.25 bits per heavy atom. The standard InChI is InChI=1S/C20H20Cl2O6/c21-13-5-1-11(2-6-13)19-25-9-15(23)17(24)18-16(10-26-19)27-20(28-18)12-3-7-14(22)8-4-12/h1-8,15-20,23-24H,9-10H2/t15-,16+,17+,18+,19?,20?/m0/s1. The third-order valence-electron chi connectivity index (χ3n) is 4.79. The lowest BCUT2D eigenvalue weighted by Crippen LogP contribution is -2.45. The molecule has 2 aliphatic rings. The van der Waals surface area contributed by atoms with E-state index in [0.29, 0.717) is 10.0 Å². The predicted octanol–water partition coefficient (Wildman–Crippen LogP) is 3.24. The minimum Gasteiger partial charge on any atom is -0.388 e. The van der Waals surface area contributed by atoms with Crippen LogP contribution in [0.2, 0.25) is 10.0 Å². The van der Waals surface area contributed by atoms with Gasteiger partial charge in [0.05, 0.1) is 13.2 Å². The molecule has 8 heteroatoms. The molecule has 150 valence electrons. The van der Waals surface area contributed by atoms with Crippen molar-refractivity contribution < 1.29 is 29.2 Å². The van der Waals surface area contributed by atoms with Gasteiger partial charge in [-0.3, -0.25) is 0 Å². The van der Waals surface area contributed by atoms with Crippen molar-refractivity contribution in [1.82, 2.24) is 0 Å². The van der Waals surface area contributed by atoms with Crippen molar-refractivity contribution in [2.75, 3.05) is 13.2 Å². The topological polar surface area (TPSA) is 77.4 Å². The minimum absolute atomic E-state index is 0.117. The Morgan fingerprint density at radius 1 is 0.714 bits per heavy atom. The van der Waals surface area contributed by atoms with Gasteiger partial charge >= 0.3 is 0 Å². The molecule has 4 rings (SSSR count). The van der Waals surface area contributed by atoms with Crippen molar-refractivity contribution in [2.24, 2.45) is 0 Å². The van der Waals surface area contributed by atoms with Crippen LogP contribution in [0.5, 0.6) is 0 Å². The Bertz CT molecular complexity index is 784. The number of halogens is 2. The van der Waals surface area contributed by atoms with Crippen LogP contribution in [0.15, 0.2) is 48.5 Å². The first kappa shape index (κ1) is 20.1. The summed E-state index contributed by atoms with van der Waals surface area (Å²) in [5.41, 5.74) is 1.51. The molecule has 2 aromatic rings. The number of hydrogen-bond donors (Lipinski definition) is 2. The number of rotatable bonds is 2. The van der Waals surface area contributed by atoms with E-state index in [9.17, 15) is 10.2 Å². The van der Waals surface area contributed by atoms with Crippen molar-refractivity contribution in [3.63, 3.8) is 0 Å². The second kappa shape index (κ2) is 8.65. The van der Waals surface area contributed by atoms with Gasteiger partial charge in [0.15, 0.2) is 12.6 Å². The second-order valence-corrected chi connectivity index (χ2v) is 7.64. The van der Waals surface area contributed by atoms with Gasteiger partial charge in [-0.25, -0.2) is 0 Å². The summed E-state index contributed by atoms with van der Waals surface area (Å²) in [5.74, 6) is 0. The van der Waals surface area contributed by atoms with E-state index in [0.717, 1.165) is 11.1 Å². The van der Waals surface area contributed by atoms with Crippen LogP contribution in [-0.4, -0.2) is 47.8 Å². The minimum atomic E-state index is -1.19. The number of fused-ring (bicyclic) bond motifs is 1. The van der Waals surface area contributed by atoms with E-state index >= 15 is 0 Å². The molecule has 0 spiro atoms. The Kier molecular flexibility index (Phi) is 6.20. The fraction of sp³-hybridized carbons (Fsp3) is 0.400. The summed E-state index contributed by atoms with van der Waals surface area (Å²) < 4.78 is 23.4. The Balaban J connectivity index is 1.53. The summed E-state index contributed by atoms with van der Waals surface area (Å²) in [6, 6.07) is 14.1. The van der Waals surface area contributed by atoms with Crippen molar-refractivity contribution in [3.8, 4) is 0 Å². The highest BCUT2D eigenvalue weighted by Crippen LogP contribution is 2.36. The van der Waals surface area contributed by atoms with Crippen LogP contribution in [0.3, 0.4) is 0 Å². The maximum absolute atomic E-state index is 10.6. The molecule has 0 aromatic heterocycles. The number of ether oxygens (including phenoxy) is 4. The Labute approximate surface area is 172 Å². The van der Waals surface area contributed by atoms with Crippen molar-refractivity contribution >= 4 is 23.2 Å². The van der Waals surface area contributed by atoms with E-state index in [2.05, 4.69) is 0 Å². The van der Waals surface area contributed by atoms with Gasteiger partial charge in [-0.1, -0.05) is 47.5 Å². The largest absolute Gasteiger partial charge is 0.388 e. The monoisotopic (exact) mass is 426 g/mol. The molecule has 2 fully saturated rings. The maximum atomic E-state index is 10.6. The first-order valence-electron chi connectivity index (χ1n) is 8.92. The van der Waals surface area contributed by atoms with Crippen LogP contribution in [0.4, 0.5) is 0 Å². The lowest BCUT2D eigenvalue weighted by atomic mass is 10.0. The predicted molar refractivity (Wildman–Crippen MR) is 102 cm³/mol. The van der Waals surface area contributed by atoms with E-state index < -0.39 is 37.0 Å². The first-order chi connectivity index (χ1) is 13.5. The van der Waals surface area contributed by atoms with Crippen molar-refractivity contribution in [3.05, 3.63) is 69.7 Å². The molecule has 0 radical (unpaired) electrons. The van der Waals surface area contributed by atoms with Gasteiger partial charge in [-0.05, 0) is 24.3 Å². The number of aliphatic hydroxyl groups excluding tert-OH is 2. The summed E-state index contributed by atoms with van der Waals surface area (Å²) in [5, 5.41) is 22.1. The number of benzene rings is 2. The molecule has 0 aliphatic carbocycles. The van der Waals surface area contributed by atoms with Crippen LogP contribution in [0.1, 0.15) is 23.7 Å². The molecule has 2 heterocycles. The zero-order valence-corrected chi connectivity index (χ0v) is 16.3. The average molecular weight is 427 g/mol. The Hall–Kier alpha value is -1.22. The van der Waals surface area contributed by atoms with Gasteiger partial charge < -0.3 is 29.2 Å². The van der Waals surface area contributed by atoms with Gasteiger partial charge in [-0.15, -0.1) is 0 Å². The molecule has 0 amide bonds. The molecule has 28 heavy (non-hydrogen) atoms. The lowest BCUT2D eigenvalue weighted by Gasteiger charge is -2.23. The normalized spacial score (nSPS) is 33.6. The van der Waals surface area contributed by atoms with Crippen LogP contribution in [-0.2, 0) is 18.9 Å². The Morgan fingerprint density at radius 3 is 1.86 bits per heavy atom. The SMILES string of the molecule is O[C@H]1[C@@H]2OC(c3ccc(Cl)cc3)O[C@@H]2COC(c2ccc(Cl)cc2)OC[C@@H]1O. The van der Waals surface area contributed by atoms with Gasteiger partial charge in [-0.2, -0.15) is 0 Å². The fourth-order valence-electron chi connectivity index (χ4n) is 3.26. The number of aliphatic hydroxyl groups is 2. The van der Waals surface area contributed by atoms with E-state index in [1.165, 1.54) is 0 Å². The highest BCUT2D eigenvalue weighted by molar-refractivity contribution is 6.30. The molecular formula is C20H20Cl2O6. The summed E-state index contributed by atoms with van der Waals surface area (Å²) in [6.07, 6.45) is -5.10. The lowest BCUT2D eigenvalue weighted by molar-refractivity contribution is -0.182. The second-order valence-electron chi connectivity index (χ2n) is 6.77. The molecule has 2 aliphatic heterocycles. The smallest absolute Gasteiger partial charge is 0.184 e. The highest BCUT2D eigenvalue weighted by Gasteiger charge is 2.45. The maximum Gasteiger partial charge on any atom is 0.184 e. The highest BCUT2D eigenvalue weighted by atomic mass is 35.5. The zero-order chi connectivity index (χ0) is 19.7. The van der Waals surface area contributed by atoms with E-state index in [-0.39, 0.29) is 13.2 Å². The molecule has 2 unspecified atom stereocenters. The third kappa shape index (κ3) is 4.35. The van der Waals surface area contributed by atoms with Crippen molar-refractivity contribution in [1.29, 1.82) is 0 Å². The molecule has 0 bridgehead atoms. The van der Waals surface area contributed by atoms with Gasteiger partial charge in [0.1, 0.15) is 24.4 Å². The fourth-order valence-corrected chi connectivity index (χ4v) is 3.51. The molecule has 2 saturated heterocycles. The van der Waals surface area contributed by atoms with Crippen LogP contribution < -0.4 is 0 Å². The quantitative estimate of drug-likeness (QED) is 0.767. The van der Waals surface area contributed by atoms with Gasteiger partial charge in [0.25, 0.3) is 0 Å². The molecule has 2 N–H and O–H groups in total. The average Bonchev–Trinajstić information content (AvgIpc) is 3.13. The molecular weight excluding hydrogens is 407 g/mol. The number of hydrogen-bond acceptors (Lipinski definition) is 6. The molecule has 2 aromatic carbocycles. The molecule has 6 nitrogen and oxygen atoms in total. The van der Waals surface area contributed by atoms with E-state index in [4.69, 9.17) is 42.1 Å². The van der Waals surface area contributed by atoms with Crippen LogP contribution in [0.25, 0.3) is 0 Å². The van der Waals surface area contributed by atoms with Gasteiger partial charge in [0, 0.05) is 21.2 Å². The van der Waals surface area contributed by atoms with Crippen LogP contribution >= 0.6 is 23.2 Å². The summed E-state index contributed by atoms with van der Waals surface area (Å²) in [7, 11) is 0. The summed E-state index contributed by atoms with van der Waals surface area (Å²) in [6.45, 7) is -0.00151. The van der Waals surface area contributed by atoms with Crippen molar-refractivity contribution in [2.45, 2.75) is 37.0 Å². The van der Waals surface area contributed by atoms with Crippen LogP contribution in [0, 0.1) is 0 Å². The summed E-state index contributed by atoms with van der Waals surface area (Å²) in [4.78, 5) is 0. The molecule has 6 atom stereocenters. The summed E-state index contributed by atoms with van der Waals surface area (Å²) >= 11 is 11.9.